The molecule has 0 spiro atoms. The zero-order valence-corrected chi connectivity index (χ0v) is 10.3. The molecule has 0 aliphatic rings. The molecule has 1 unspecified atom stereocenters. The van der Waals surface area contributed by atoms with Gasteiger partial charge in [0.05, 0.1) is 0 Å². The molecular weight excluding hydrogens is 203 g/mol. The monoisotopic (exact) mass is 224 g/mol. The molecule has 90 valence electrons. The Hall–Kier alpha value is -1.09. The number of anilines is 1. The van der Waals surface area contributed by atoms with Gasteiger partial charge in [-0.15, -0.1) is 0 Å². The highest BCUT2D eigenvalue weighted by molar-refractivity contribution is 5.45. The normalized spacial score (nSPS) is 12.5. The van der Waals surface area contributed by atoms with Crippen LogP contribution in [-0.2, 0) is 0 Å². The summed E-state index contributed by atoms with van der Waals surface area (Å²) in [6.07, 6.45) is 1.14. The number of hydrogen-bond acceptors (Lipinski definition) is 2. The first-order valence-corrected chi connectivity index (χ1v) is 5.83. The van der Waals surface area contributed by atoms with E-state index in [-0.39, 0.29) is 5.82 Å². The lowest BCUT2D eigenvalue weighted by atomic mass is 10.2. The van der Waals surface area contributed by atoms with E-state index in [1.165, 1.54) is 12.1 Å². The molecule has 0 amide bonds. The molecule has 0 saturated carbocycles. The number of halogens is 1. The zero-order valence-electron chi connectivity index (χ0n) is 10.3. The SMILES string of the molecule is CCC(C)NCCN(C)c1ccc(F)cc1. The molecule has 1 aromatic rings. The van der Waals surface area contributed by atoms with Crippen molar-refractivity contribution >= 4 is 5.69 Å². The van der Waals surface area contributed by atoms with Crippen molar-refractivity contribution in [3.8, 4) is 0 Å². The summed E-state index contributed by atoms with van der Waals surface area (Å²) in [5, 5.41) is 3.43. The molecule has 0 aliphatic heterocycles. The second-order valence-corrected chi connectivity index (χ2v) is 4.16. The largest absolute Gasteiger partial charge is 0.373 e. The summed E-state index contributed by atoms with van der Waals surface area (Å²) in [4.78, 5) is 2.12. The van der Waals surface area contributed by atoms with Crippen LogP contribution in [0.4, 0.5) is 10.1 Å². The van der Waals surface area contributed by atoms with Crippen LogP contribution < -0.4 is 10.2 Å². The van der Waals surface area contributed by atoms with Gasteiger partial charge in [-0.05, 0) is 37.6 Å². The van der Waals surface area contributed by atoms with E-state index in [9.17, 15) is 4.39 Å². The third kappa shape index (κ3) is 4.19. The highest BCUT2D eigenvalue weighted by Gasteiger charge is 2.01. The molecule has 0 fully saturated rings. The van der Waals surface area contributed by atoms with Gasteiger partial charge in [0.25, 0.3) is 0 Å². The predicted octanol–water partition coefficient (Wildman–Crippen LogP) is 2.65. The van der Waals surface area contributed by atoms with Crippen molar-refractivity contribution in [2.24, 2.45) is 0 Å². The topological polar surface area (TPSA) is 15.3 Å². The van der Waals surface area contributed by atoms with E-state index in [0.717, 1.165) is 25.2 Å². The van der Waals surface area contributed by atoms with E-state index in [0.29, 0.717) is 6.04 Å². The molecule has 1 aromatic carbocycles. The third-order valence-electron chi connectivity index (χ3n) is 2.82. The Labute approximate surface area is 97.5 Å². The number of nitrogens with zero attached hydrogens (tertiary/aromatic N) is 1. The summed E-state index contributed by atoms with van der Waals surface area (Å²) >= 11 is 0. The van der Waals surface area contributed by atoms with Crippen LogP contribution in [-0.4, -0.2) is 26.2 Å². The smallest absolute Gasteiger partial charge is 0.123 e. The molecular formula is C13H21FN2. The van der Waals surface area contributed by atoms with Gasteiger partial charge in [-0.1, -0.05) is 6.92 Å². The molecule has 1 N–H and O–H groups in total. The number of likely N-dealkylation sites (N-methyl/N-ethyl adjacent to an activating group) is 1. The fraction of sp³-hybridized carbons (Fsp3) is 0.538. The Morgan fingerprint density at radius 3 is 2.50 bits per heavy atom. The average molecular weight is 224 g/mol. The Kier molecular flexibility index (Phi) is 5.26. The van der Waals surface area contributed by atoms with E-state index in [2.05, 4.69) is 24.1 Å². The molecule has 0 radical (unpaired) electrons. The van der Waals surface area contributed by atoms with Gasteiger partial charge in [-0.3, -0.25) is 0 Å². The van der Waals surface area contributed by atoms with Gasteiger partial charge in [0.2, 0.25) is 0 Å². The molecule has 0 aliphatic carbocycles. The minimum atomic E-state index is -0.185. The van der Waals surface area contributed by atoms with Gasteiger partial charge >= 0.3 is 0 Å². The number of nitrogens with one attached hydrogen (secondary N) is 1. The van der Waals surface area contributed by atoms with Gasteiger partial charge in [0, 0.05) is 31.9 Å². The molecule has 1 rings (SSSR count). The van der Waals surface area contributed by atoms with E-state index in [1.54, 1.807) is 12.1 Å². The van der Waals surface area contributed by atoms with E-state index in [4.69, 9.17) is 0 Å². The number of rotatable bonds is 6. The summed E-state index contributed by atoms with van der Waals surface area (Å²) in [5.74, 6) is -0.185. The van der Waals surface area contributed by atoms with E-state index < -0.39 is 0 Å². The summed E-state index contributed by atoms with van der Waals surface area (Å²) in [7, 11) is 2.02. The fourth-order valence-electron chi connectivity index (χ4n) is 1.45. The summed E-state index contributed by atoms with van der Waals surface area (Å²) in [6, 6.07) is 7.15. The van der Waals surface area contributed by atoms with Crippen molar-refractivity contribution in [3.63, 3.8) is 0 Å². The second-order valence-electron chi connectivity index (χ2n) is 4.16. The fourth-order valence-corrected chi connectivity index (χ4v) is 1.45. The molecule has 0 aromatic heterocycles. The van der Waals surface area contributed by atoms with E-state index >= 15 is 0 Å². The summed E-state index contributed by atoms with van der Waals surface area (Å²) in [5.41, 5.74) is 1.05. The van der Waals surface area contributed by atoms with Crippen LogP contribution >= 0.6 is 0 Å². The Morgan fingerprint density at radius 1 is 1.31 bits per heavy atom. The average Bonchev–Trinajstić information content (AvgIpc) is 2.29. The van der Waals surface area contributed by atoms with Crippen LogP contribution in [0.5, 0.6) is 0 Å². The molecule has 0 heterocycles. The molecule has 0 bridgehead atoms. The third-order valence-corrected chi connectivity index (χ3v) is 2.82. The number of benzene rings is 1. The van der Waals surface area contributed by atoms with Crippen LogP contribution in [0.1, 0.15) is 20.3 Å². The van der Waals surface area contributed by atoms with Gasteiger partial charge in [-0.25, -0.2) is 4.39 Å². The highest BCUT2D eigenvalue weighted by Crippen LogP contribution is 2.12. The zero-order chi connectivity index (χ0) is 12.0. The maximum Gasteiger partial charge on any atom is 0.123 e. The standard InChI is InChI=1S/C13H21FN2/c1-4-11(2)15-9-10-16(3)13-7-5-12(14)6-8-13/h5-8,11,15H,4,9-10H2,1-3H3. The maximum absolute atomic E-state index is 12.7. The van der Waals surface area contributed by atoms with Crippen LogP contribution in [0.25, 0.3) is 0 Å². The van der Waals surface area contributed by atoms with Crippen LogP contribution in [0, 0.1) is 5.82 Å². The minimum absolute atomic E-state index is 0.185. The van der Waals surface area contributed by atoms with Gasteiger partial charge in [-0.2, -0.15) is 0 Å². The summed E-state index contributed by atoms with van der Waals surface area (Å²) in [6.45, 7) is 6.22. The molecule has 16 heavy (non-hydrogen) atoms. The van der Waals surface area contributed by atoms with Crippen molar-refractivity contribution in [1.29, 1.82) is 0 Å². The van der Waals surface area contributed by atoms with Crippen molar-refractivity contribution in [1.82, 2.24) is 5.32 Å². The molecule has 3 heteroatoms. The lowest BCUT2D eigenvalue weighted by molar-refractivity contribution is 0.537. The van der Waals surface area contributed by atoms with Gasteiger partial charge in [0.15, 0.2) is 0 Å². The molecule has 0 saturated heterocycles. The first-order chi connectivity index (χ1) is 7.63. The Bertz CT molecular complexity index is 297. The number of hydrogen-bond donors (Lipinski definition) is 1. The highest BCUT2D eigenvalue weighted by atomic mass is 19.1. The lowest BCUT2D eigenvalue weighted by Crippen LogP contribution is -2.33. The van der Waals surface area contributed by atoms with E-state index in [1.807, 2.05) is 7.05 Å². The van der Waals surface area contributed by atoms with Crippen molar-refractivity contribution in [2.75, 3.05) is 25.0 Å². The van der Waals surface area contributed by atoms with Crippen LogP contribution in [0.2, 0.25) is 0 Å². The van der Waals surface area contributed by atoms with Crippen molar-refractivity contribution in [3.05, 3.63) is 30.1 Å². The van der Waals surface area contributed by atoms with Gasteiger partial charge in [0.1, 0.15) is 5.82 Å². The quantitative estimate of drug-likeness (QED) is 0.799. The lowest BCUT2D eigenvalue weighted by Gasteiger charge is -2.20. The second kappa shape index (κ2) is 6.48. The summed E-state index contributed by atoms with van der Waals surface area (Å²) < 4.78 is 12.7. The molecule has 2 nitrogen and oxygen atoms in total. The minimum Gasteiger partial charge on any atom is -0.373 e. The maximum atomic E-state index is 12.7. The predicted molar refractivity (Wildman–Crippen MR) is 67.4 cm³/mol. The van der Waals surface area contributed by atoms with Crippen LogP contribution in [0.3, 0.4) is 0 Å². The van der Waals surface area contributed by atoms with Crippen LogP contribution in [0.15, 0.2) is 24.3 Å². The van der Waals surface area contributed by atoms with Gasteiger partial charge < -0.3 is 10.2 Å². The molecule has 1 atom stereocenters. The Morgan fingerprint density at radius 2 is 1.94 bits per heavy atom. The Balaban J connectivity index is 2.35. The van der Waals surface area contributed by atoms with Crippen molar-refractivity contribution < 1.29 is 4.39 Å². The van der Waals surface area contributed by atoms with Crippen molar-refractivity contribution in [2.45, 2.75) is 26.3 Å². The first kappa shape index (κ1) is 13.0. The first-order valence-electron chi connectivity index (χ1n) is 5.83.